The van der Waals surface area contributed by atoms with Crippen molar-refractivity contribution in [2.45, 2.75) is 32.0 Å². The van der Waals surface area contributed by atoms with Crippen LogP contribution in [0.2, 0.25) is 0 Å². The Morgan fingerprint density at radius 3 is 3.00 bits per heavy atom. The minimum Gasteiger partial charge on any atom is -0.464 e. The van der Waals surface area contributed by atoms with Gasteiger partial charge in [-0.1, -0.05) is 0 Å². The van der Waals surface area contributed by atoms with Gasteiger partial charge in [-0.05, 0) is 31.9 Å². The average molecular weight is 225 g/mol. The smallest absolute Gasteiger partial charge is 0.134 e. The zero-order valence-electron chi connectivity index (χ0n) is 9.65. The molecule has 1 aliphatic heterocycles. The molecule has 1 aromatic rings. The topological polar surface area (TPSA) is 57.6 Å². The van der Waals surface area contributed by atoms with Crippen LogP contribution in [0.25, 0.3) is 0 Å². The highest BCUT2D eigenvalue weighted by Gasteiger charge is 2.20. The lowest BCUT2D eigenvalue weighted by Gasteiger charge is -2.16. The molecule has 0 spiro atoms. The van der Waals surface area contributed by atoms with E-state index in [0.717, 1.165) is 31.0 Å². The van der Waals surface area contributed by atoms with Crippen molar-refractivity contribution in [1.82, 2.24) is 0 Å². The molecule has 1 fully saturated rings. The van der Waals surface area contributed by atoms with E-state index in [4.69, 9.17) is 19.6 Å². The molecule has 2 N–H and O–H groups in total. The summed E-state index contributed by atoms with van der Waals surface area (Å²) in [5.41, 5.74) is 5.67. The molecular formula is C12H19NO3. The molecule has 16 heavy (non-hydrogen) atoms. The van der Waals surface area contributed by atoms with Gasteiger partial charge in [-0.15, -0.1) is 0 Å². The summed E-state index contributed by atoms with van der Waals surface area (Å²) in [6.07, 6.45) is 2.28. The summed E-state index contributed by atoms with van der Waals surface area (Å²) < 4.78 is 16.7. The molecule has 4 nitrogen and oxygen atoms in total. The van der Waals surface area contributed by atoms with Crippen LogP contribution in [-0.2, 0) is 9.47 Å². The summed E-state index contributed by atoms with van der Waals surface area (Å²) in [5, 5.41) is 0. The van der Waals surface area contributed by atoms with Crippen LogP contribution >= 0.6 is 0 Å². The highest BCUT2D eigenvalue weighted by atomic mass is 16.5. The number of rotatable bonds is 5. The first-order chi connectivity index (χ1) is 7.79. The van der Waals surface area contributed by atoms with Gasteiger partial charge in [-0.3, -0.25) is 0 Å². The molecule has 0 bridgehead atoms. The molecule has 0 saturated carbocycles. The molecule has 2 heterocycles. The first-order valence-corrected chi connectivity index (χ1v) is 5.79. The molecule has 1 saturated heterocycles. The largest absolute Gasteiger partial charge is 0.464 e. The number of nitrogens with two attached hydrogens (primary N) is 1. The second kappa shape index (κ2) is 5.48. The number of furan rings is 1. The molecule has 2 rings (SSSR count). The van der Waals surface area contributed by atoms with Gasteiger partial charge in [0.1, 0.15) is 17.6 Å². The average Bonchev–Trinajstić information content (AvgIpc) is 2.91. The zero-order valence-corrected chi connectivity index (χ0v) is 9.65. The first kappa shape index (κ1) is 11.6. The van der Waals surface area contributed by atoms with Crippen molar-refractivity contribution in [3.8, 4) is 0 Å². The van der Waals surface area contributed by atoms with E-state index >= 15 is 0 Å². The molecule has 2 atom stereocenters. The van der Waals surface area contributed by atoms with Gasteiger partial charge >= 0.3 is 0 Å². The van der Waals surface area contributed by atoms with Crippen LogP contribution in [0.15, 0.2) is 16.5 Å². The Bertz CT molecular complexity index is 318. The van der Waals surface area contributed by atoms with Crippen LogP contribution in [0, 0.1) is 6.92 Å². The third-order valence-electron chi connectivity index (χ3n) is 2.80. The summed E-state index contributed by atoms with van der Waals surface area (Å²) in [5.74, 6) is 1.69. The maximum absolute atomic E-state index is 5.73. The molecule has 0 aromatic carbocycles. The molecule has 0 radical (unpaired) electrons. The van der Waals surface area contributed by atoms with Crippen molar-refractivity contribution in [2.24, 2.45) is 5.73 Å². The SMILES string of the molecule is Cc1ccc(C(CN)OCC2CCCO2)o1. The fraction of sp³-hybridized carbons (Fsp3) is 0.667. The van der Waals surface area contributed by atoms with Crippen molar-refractivity contribution in [3.05, 3.63) is 23.7 Å². The van der Waals surface area contributed by atoms with E-state index in [-0.39, 0.29) is 12.2 Å². The Labute approximate surface area is 95.7 Å². The summed E-state index contributed by atoms with van der Waals surface area (Å²) in [6.45, 7) is 3.79. The van der Waals surface area contributed by atoms with Gasteiger partial charge < -0.3 is 19.6 Å². The summed E-state index contributed by atoms with van der Waals surface area (Å²) in [4.78, 5) is 0. The van der Waals surface area contributed by atoms with Gasteiger partial charge in [0.2, 0.25) is 0 Å². The van der Waals surface area contributed by atoms with Crippen LogP contribution < -0.4 is 5.73 Å². The molecule has 90 valence electrons. The number of aryl methyl sites for hydroxylation is 1. The lowest BCUT2D eigenvalue weighted by Crippen LogP contribution is -2.21. The van der Waals surface area contributed by atoms with Crippen LogP contribution in [-0.4, -0.2) is 25.9 Å². The number of hydrogen-bond acceptors (Lipinski definition) is 4. The molecular weight excluding hydrogens is 206 g/mol. The molecule has 1 aliphatic rings. The first-order valence-electron chi connectivity index (χ1n) is 5.79. The Morgan fingerprint density at radius 1 is 1.56 bits per heavy atom. The van der Waals surface area contributed by atoms with E-state index in [1.54, 1.807) is 0 Å². The summed E-state index contributed by atoms with van der Waals surface area (Å²) >= 11 is 0. The van der Waals surface area contributed by atoms with E-state index in [1.807, 2.05) is 19.1 Å². The third kappa shape index (κ3) is 2.84. The van der Waals surface area contributed by atoms with Crippen LogP contribution in [0.3, 0.4) is 0 Å². The second-order valence-corrected chi connectivity index (χ2v) is 4.14. The van der Waals surface area contributed by atoms with Crippen molar-refractivity contribution < 1.29 is 13.9 Å². The van der Waals surface area contributed by atoms with E-state index < -0.39 is 0 Å². The van der Waals surface area contributed by atoms with Crippen LogP contribution in [0.5, 0.6) is 0 Å². The van der Waals surface area contributed by atoms with Gasteiger partial charge in [-0.25, -0.2) is 0 Å². The Hall–Kier alpha value is -0.840. The Morgan fingerprint density at radius 2 is 2.44 bits per heavy atom. The van der Waals surface area contributed by atoms with Crippen molar-refractivity contribution in [2.75, 3.05) is 19.8 Å². The van der Waals surface area contributed by atoms with Crippen LogP contribution in [0.1, 0.15) is 30.5 Å². The van der Waals surface area contributed by atoms with E-state index in [9.17, 15) is 0 Å². The monoisotopic (exact) mass is 225 g/mol. The quantitative estimate of drug-likeness (QED) is 0.830. The second-order valence-electron chi connectivity index (χ2n) is 4.14. The fourth-order valence-corrected chi connectivity index (χ4v) is 1.89. The Kier molecular flexibility index (Phi) is 3.98. The van der Waals surface area contributed by atoms with Gasteiger partial charge in [0, 0.05) is 13.2 Å². The number of ether oxygens (including phenoxy) is 2. The van der Waals surface area contributed by atoms with Gasteiger partial charge in [0.05, 0.1) is 12.7 Å². The minimum atomic E-state index is -0.155. The molecule has 0 amide bonds. The maximum Gasteiger partial charge on any atom is 0.134 e. The lowest BCUT2D eigenvalue weighted by atomic mass is 10.2. The van der Waals surface area contributed by atoms with E-state index in [2.05, 4.69) is 0 Å². The predicted octanol–water partition coefficient (Wildman–Crippen LogP) is 1.78. The van der Waals surface area contributed by atoms with Gasteiger partial charge in [-0.2, -0.15) is 0 Å². The van der Waals surface area contributed by atoms with Gasteiger partial charge in [0.25, 0.3) is 0 Å². The molecule has 2 unspecified atom stereocenters. The maximum atomic E-state index is 5.73. The highest BCUT2D eigenvalue weighted by Crippen LogP contribution is 2.21. The Balaban J connectivity index is 1.85. The third-order valence-corrected chi connectivity index (χ3v) is 2.80. The predicted molar refractivity (Wildman–Crippen MR) is 60.2 cm³/mol. The van der Waals surface area contributed by atoms with Crippen molar-refractivity contribution >= 4 is 0 Å². The van der Waals surface area contributed by atoms with E-state index in [0.29, 0.717) is 13.2 Å². The van der Waals surface area contributed by atoms with Crippen molar-refractivity contribution in [3.63, 3.8) is 0 Å². The number of hydrogen-bond donors (Lipinski definition) is 1. The molecule has 0 aliphatic carbocycles. The molecule has 4 heteroatoms. The summed E-state index contributed by atoms with van der Waals surface area (Å²) in [7, 11) is 0. The van der Waals surface area contributed by atoms with Gasteiger partial charge in [0.15, 0.2) is 0 Å². The van der Waals surface area contributed by atoms with Crippen LogP contribution in [0.4, 0.5) is 0 Å². The standard InChI is InChI=1S/C12H19NO3/c1-9-4-5-11(16-9)12(7-13)15-8-10-3-2-6-14-10/h4-5,10,12H,2-3,6-8,13H2,1H3. The highest BCUT2D eigenvalue weighted by molar-refractivity contribution is 5.08. The normalized spacial score (nSPS) is 22.5. The fourth-order valence-electron chi connectivity index (χ4n) is 1.89. The lowest BCUT2D eigenvalue weighted by molar-refractivity contribution is -0.0253. The summed E-state index contributed by atoms with van der Waals surface area (Å²) in [6, 6.07) is 3.84. The minimum absolute atomic E-state index is 0.155. The zero-order chi connectivity index (χ0) is 11.4. The molecule has 1 aromatic heterocycles. The van der Waals surface area contributed by atoms with Crippen molar-refractivity contribution in [1.29, 1.82) is 0 Å². The van der Waals surface area contributed by atoms with E-state index in [1.165, 1.54) is 0 Å².